The number of rotatable bonds is 3. The van der Waals surface area contributed by atoms with Crippen molar-refractivity contribution in [3.8, 4) is 0 Å². The summed E-state index contributed by atoms with van der Waals surface area (Å²) >= 11 is 0. The fraction of sp³-hybridized carbons (Fsp3) is 0.556. The SMILES string of the molecule is CN(C(=O)C1CCC(=O)N(C)C1c1ccccc1)C1CCNC1. The summed E-state index contributed by atoms with van der Waals surface area (Å²) in [6.45, 7) is 1.83. The molecular formula is C18H25N3O2. The van der Waals surface area contributed by atoms with Crippen LogP contribution in [0.2, 0.25) is 0 Å². The predicted molar refractivity (Wildman–Crippen MR) is 88.7 cm³/mol. The fourth-order valence-electron chi connectivity index (χ4n) is 3.81. The van der Waals surface area contributed by atoms with Gasteiger partial charge in [-0.2, -0.15) is 0 Å². The van der Waals surface area contributed by atoms with Gasteiger partial charge in [0.15, 0.2) is 0 Å². The number of likely N-dealkylation sites (N-methyl/N-ethyl adjacent to an activating group) is 1. The molecule has 2 fully saturated rings. The molecule has 0 aliphatic carbocycles. The van der Waals surface area contributed by atoms with Crippen molar-refractivity contribution in [1.82, 2.24) is 15.1 Å². The molecule has 1 aromatic carbocycles. The van der Waals surface area contributed by atoms with Gasteiger partial charge in [0.25, 0.3) is 0 Å². The maximum Gasteiger partial charge on any atom is 0.228 e. The molecule has 2 amide bonds. The van der Waals surface area contributed by atoms with Crippen LogP contribution in [0.25, 0.3) is 0 Å². The van der Waals surface area contributed by atoms with Crippen LogP contribution < -0.4 is 5.32 Å². The lowest BCUT2D eigenvalue weighted by Gasteiger charge is -2.40. The van der Waals surface area contributed by atoms with Gasteiger partial charge in [-0.05, 0) is 24.9 Å². The third kappa shape index (κ3) is 3.11. The van der Waals surface area contributed by atoms with E-state index in [-0.39, 0.29) is 29.8 Å². The molecule has 124 valence electrons. The average molecular weight is 315 g/mol. The van der Waals surface area contributed by atoms with Crippen molar-refractivity contribution in [3.63, 3.8) is 0 Å². The largest absolute Gasteiger partial charge is 0.341 e. The molecule has 3 unspecified atom stereocenters. The summed E-state index contributed by atoms with van der Waals surface area (Å²) < 4.78 is 0. The van der Waals surface area contributed by atoms with Gasteiger partial charge in [0.05, 0.1) is 12.0 Å². The smallest absolute Gasteiger partial charge is 0.228 e. The Kier molecular flexibility index (Phi) is 4.66. The van der Waals surface area contributed by atoms with E-state index in [1.54, 1.807) is 4.90 Å². The van der Waals surface area contributed by atoms with E-state index in [1.165, 1.54) is 0 Å². The summed E-state index contributed by atoms with van der Waals surface area (Å²) in [5.41, 5.74) is 1.04. The summed E-state index contributed by atoms with van der Waals surface area (Å²) in [4.78, 5) is 28.9. The summed E-state index contributed by atoms with van der Waals surface area (Å²) in [6.07, 6.45) is 2.08. The molecule has 2 heterocycles. The number of carbonyl (C=O) groups excluding carboxylic acids is 2. The lowest BCUT2D eigenvalue weighted by molar-refractivity contribution is -0.147. The fourth-order valence-corrected chi connectivity index (χ4v) is 3.81. The average Bonchev–Trinajstić information content (AvgIpc) is 3.11. The van der Waals surface area contributed by atoms with Gasteiger partial charge < -0.3 is 15.1 Å². The number of carbonyl (C=O) groups is 2. The highest BCUT2D eigenvalue weighted by molar-refractivity contribution is 5.85. The van der Waals surface area contributed by atoms with Crippen molar-refractivity contribution in [2.24, 2.45) is 5.92 Å². The second kappa shape index (κ2) is 6.71. The Morgan fingerprint density at radius 1 is 1.26 bits per heavy atom. The standard InChI is InChI=1S/C18H25N3O2/c1-20(14-10-11-19-12-14)18(23)15-8-9-16(22)21(2)17(15)13-6-4-3-5-7-13/h3-7,14-15,17,19H,8-12H2,1-2H3. The molecular weight excluding hydrogens is 290 g/mol. The number of benzene rings is 1. The quantitative estimate of drug-likeness (QED) is 0.918. The minimum Gasteiger partial charge on any atom is -0.341 e. The number of hydrogen-bond donors (Lipinski definition) is 1. The minimum absolute atomic E-state index is 0.119. The number of nitrogens with zero attached hydrogens (tertiary/aromatic N) is 2. The summed E-state index contributed by atoms with van der Waals surface area (Å²) in [5, 5.41) is 3.31. The molecule has 2 saturated heterocycles. The minimum atomic E-state index is -0.165. The lowest BCUT2D eigenvalue weighted by atomic mass is 9.83. The van der Waals surface area contributed by atoms with E-state index in [4.69, 9.17) is 0 Å². The zero-order valence-corrected chi connectivity index (χ0v) is 13.9. The van der Waals surface area contributed by atoms with Gasteiger partial charge in [-0.3, -0.25) is 9.59 Å². The molecule has 0 aromatic heterocycles. The number of likely N-dealkylation sites (tertiary alicyclic amines) is 1. The molecule has 2 aliphatic heterocycles. The zero-order valence-electron chi connectivity index (χ0n) is 13.9. The molecule has 0 spiro atoms. The van der Waals surface area contributed by atoms with Crippen molar-refractivity contribution >= 4 is 11.8 Å². The van der Waals surface area contributed by atoms with Gasteiger partial charge in [-0.1, -0.05) is 30.3 Å². The molecule has 0 bridgehead atoms. The first kappa shape index (κ1) is 16.0. The summed E-state index contributed by atoms with van der Waals surface area (Å²) in [6, 6.07) is 10.0. The molecule has 1 N–H and O–H groups in total. The van der Waals surface area contributed by atoms with Gasteiger partial charge in [0.2, 0.25) is 11.8 Å². The third-order valence-corrected chi connectivity index (χ3v) is 5.25. The van der Waals surface area contributed by atoms with Crippen LogP contribution in [-0.2, 0) is 9.59 Å². The van der Waals surface area contributed by atoms with Crippen LogP contribution in [0.3, 0.4) is 0 Å². The van der Waals surface area contributed by atoms with Gasteiger partial charge >= 0.3 is 0 Å². The second-order valence-electron chi connectivity index (χ2n) is 6.60. The van der Waals surface area contributed by atoms with Crippen molar-refractivity contribution in [2.75, 3.05) is 27.2 Å². The van der Waals surface area contributed by atoms with Gasteiger partial charge in [-0.15, -0.1) is 0 Å². The first-order valence-corrected chi connectivity index (χ1v) is 8.37. The predicted octanol–water partition coefficient (Wildman–Crippen LogP) is 1.42. The highest BCUT2D eigenvalue weighted by Gasteiger charge is 2.41. The molecule has 2 aliphatic rings. The molecule has 1 aromatic rings. The first-order valence-electron chi connectivity index (χ1n) is 8.37. The molecule has 0 saturated carbocycles. The Bertz CT molecular complexity index is 569. The van der Waals surface area contributed by atoms with Crippen LogP contribution in [-0.4, -0.2) is 54.8 Å². The number of nitrogens with one attached hydrogen (secondary N) is 1. The van der Waals surface area contributed by atoms with Crippen molar-refractivity contribution in [3.05, 3.63) is 35.9 Å². The lowest BCUT2D eigenvalue weighted by Crippen LogP contribution is -2.49. The third-order valence-electron chi connectivity index (χ3n) is 5.25. The highest BCUT2D eigenvalue weighted by atomic mass is 16.2. The van der Waals surface area contributed by atoms with E-state index in [9.17, 15) is 9.59 Å². The normalized spacial score (nSPS) is 28.0. The number of hydrogen-bond acceptors (Lipinski definition) is 3. The molecule has 5 heteroatoms. The van der Waals surface area contributed by atoms with Crippen LogP contribution in [0.4, 0.5) is 0 Å². The monoisotopic (exact) mass is 315 g/mol. The molecule has 3 atom stereocenters. The van der Waals surface area contributed by atoms with E-state index < -0.39 is 0 Å². The Morgan fingerprint density at radius 3 is 2.65 bits per heavy atom. The molecule has 3 rings (SSSR count). The van der Waals surface area contributed by atoms with E-state index in [1.807, 2.05) is 49.3 Å². The van der Waals surface area contributed by atoms with Gasteiger partial charge in [0, 0.05) is 33.1 Å². The molecule has 0 radical (unpaired) electrons. The van der Waals surface area contributed by atoms with Crippen LogP contribution in [0.1, 0.15) is 30.9 Å². The van der Waals surface area contributed by atoms with Crippen molar-refractivity contribution < 1.29 is 9.59 Å². The van der Waals surface area contributed by atoms with Crippen LogP contribution in [0.15, 0.2) is 30.3 Å². The van der Waals surface area contributed by atoms with Gasteiger partial charge in [-0.25, -0.2) is 0 Å². The first-order chi connectivity index (χ1) is 11.1. The van der Waals surface area contributed by atoms with Crippen molar-refractivity contribution in [1.29, 1.82) is 0 Å². The van der Waals surface area contributed by atoms with Crippen LogP contribution in [0, 0.1) is 5.92 Å². The number of amides is 2. The van der Waals surface area contributed by atoms with Gasteiger partial charge in [0.1, 0.15) is 0 Å². The highest BCUT2D eigenvalue weighted by Crippen LogP contribution is 2.37. The Labute approximate surface area is 137 Å². The second-order valence-corrected chi connectivity index (χ2v) is 6.60. The molecule has 23 heavy (non-hydrogen) atoms. The van der Waals surface area contributed by atoms with E-state index in [2.05, 4.69) is 5.32 Å². The van der Waals surface area contributed by atoms with E-state index in [0.29, 0.717) is 12.8 Å². The zero-order chi connectivity index (χ0) is 16.4. The van der Waals surface area contributed by atoms with E-state index >= 15 is 0 Å². The van der Waals surface area contributed by atoms with Crippen LogP contribution >= 0.6 is 0 Å². The summed E-state index contributed by atoms with van der Waals surface area (Å²) in [5.74, 6) is 0.116. The van der Waals surface area contributed by atoms with E-state index in [0.717, 1.165) is 25.1 Å². The maximum atomic E-state index is 13.1. The van der Waals surface area contributed by atoms with Crippen LogP contribution in [0.5, 0.6) is 0 Å². The summed E-state index contributed by atoms with van der Waals surface area (Å²) in [7, 11) is 3.72. The maximum absolute atomic E-state index is 13.1. The topological polar surface area (TPSA) is 52.7 Å². The Hall–Kier alpha value is -1.88. The Morgan fingerprint density at radius 2 is 2.00 bits per heavy atom. The molecule has 5 nitrogen and oxygen atoms in total. The number of piperidine rings is 1. The van der Waals surface area contributed by atoms with Crippen molar-refractivity contribution in [2.45, 2.75) is 31.3 Å². The Balaban J connectivity index is 1.85.